The van der Waals surface area contributed by atoms with Gasteiger partial charge in [0.1, 0.15) is 0 Å². The molecule has 0 aromatic heterocycles. The third-order valence-corrected chi connectivity index (χ3v) is 7.11. The van der Waals surface area contributed by atoms with E-state index in [2.05, 4.69) is 23.8 Å². The Bertz CT molecular complexity index is 1210. The lowest BCUT2D eigenvalue weighted by molar-refractivity contribution is 0.0591. The molecule has 0 unspecified atom stereocenters. The fourth-order valence-electron chi connectivity index (χ4n) is 4.60. The zero-order valence-electron chi connectivity index (χ0n) is 21.4. The van der Waals surface area contributed by atoms with Crippen molar-refractivity contribution in [2.45, 2.75) is 71.1 Å². The van der Waals surface area contributed by atoms with E-state index in [4.69, 9.17) is 15.9 Å². The number of aryl methyl sites for hydroxylation is 2. The highest BCUT2D eigenvalue weighted by Crippen LogP contribution is 2.39. The molecule has 0 bridgehead atoms. The van der Waals surface area contributed by atoms with E-state index in [1.54, 1.807) is 6.07 Å². The average Bonchev–Trinajstić information content (AvgIpc) is 2.78. The van der Waals surface area contributed by atoms with Crippen LogP contribution in [0.15, 0.2) is 24.3 Å². The highest BCUT2D eigenvalue weighted by Gasteiger charge is 2.25. The summed E-state index contributed by atoms with van der Waals surface area (Å²) in [6.45, 7) is 5.70. The van der Waals surface area contributed by atoms with Crippen molar-refractivity contribution in [1.29, 1.82) is 0 Å². The van der Waals surface area contributed by atoms with Crippen molar-refractivity contribution in [1.82, 2.24) is 0 Å². The highest BCUT2D eigenvalue weighted by molar-refractivity contribution is 5.92. The molecule has 0 N–H and O–H groups in total. The van der Waals surface area contributed by atoms with Gasteiger partial charge in [0.2, 0.25) is 0 Å². The molecule has 2 aromatic rings. The lowest BCUT2D eigenvalue weighted by Gasteiger charge is -2.27. The van der Waals surface area contributed by atoms with Crippen LogP contribution in [-0.4, -0.2) is 26.2 Å². The van der Waals surface area contributed by atoms with Crippen LogP contribution in [0.5, 0.6) is 0 Å². The molecule has 4 nitrogen and oxygen atoms in total. The molecule has 0 spiro atoms. The first-order valence-electron chi connectivity index (χ1n) is 12.2. The van der Waals surface area contributed by atoms with Crippen molar-refractivity contribution in [3.8, 4) is 24.2 Å². The molecule has 2 saturated carbocycles. The van der Waals surface area contributed by atoms with Gasteiger partial charge in [-0.25, -0.2) is 9.59 Å². The van der Waals surface area contributed by atoms with Crippen LogP contribution < -0.4 is 0 Å². The first-order chi connectivity index (χ1) is 16.8. The van der Waals surface area contributed by atoms with Gasteiger partial charge in [-0.2, -0.15) is 0 Å². The van der Waals surface area contributed by atoms with Gasteiger partial charge in [-0.05, 0) is 92.7 Å². The molecule has 0 aliphatic heterocycles. The van der Waals surface area contributed by atoms with E-state index in [-0.39, 0.29) is 11.9 Å². The zero-order chi connectivity index (χ0) is 25.5. The fraction of sp³-hybridized carbons (Fsp3) is 0.419. The van der Waals surface area contributed by atoms with Crippen LogP contribution in [0.3, 0.4) is 0 Å². The Morgan fingerprint density at radius 2 is 1.23 bits per heavy atom. The maximum atomic E-state index is 11.7. The van der Waals surface area contributed by atoms with Crippen molar-refractivity contribution in [3.05, 3.63) is 68.8 Å². The van der Waals surface area contributed by atoms with Crippen LogP contribution in [0.1, 0.15) is 111 Å². The summed E-state index contributed by atoms with van der Waals surface area (Å²) in [5, 5.41) is 0. The van der Waals surface area contributed by atoms with Crippen molar-refractivity contribution in [3.63, 3.8) is 0 Å². The van der Waals surface area contributed by atoms with Gasteiger partial charge in [-0.1, -0.05) is 36.8 Å². The van der Waals surface area contributed by atoms with Gasteiger partial charge in [-0.3, -0.25) is 0 Å². The molecule has 0 atom stereocenters. The second-order valence-electron chi connectivity index (χ2n) is 9.27. The largest absolute Gasteiger partial charge is 0.465 e. The number of esters is 2. The quantitative estimate of drug-likeness (QED) is 0.381. The van der Waals surface area contributed by atoms with Crippen LogP contribution >= 0.6 is 0 Å². The molecule has 0 radical (unpaired) electrons. The van der Waals surface area contributed by atoms with Crippen molar-refractivity contribution in [2.75, 3.05) is 14.2 Å². The van der Waals surface area contributed by atoms with Gasteiger partial charge < -0.3 is 9.47 Å². The molecule has 0 heterocycles. The van der Waals surface area contributed by atoms with E-state index in [9.17, 15) is 9.59 Å². The number of hydrogen-bond acceptors (Lipinski definition) is 4. The molecule has 4 rings (SSSR count). The normalized spacial score (nSPS) is 14.6. The molecule has 35 heavy (non-hydrogen) atoms. The monoisotopic (exact) mass is 470 g/mol. The minimum atomic E-state index is -0.320. The van der Waals surface area contributed by atoms with E-state index < -0.39 is 0 Å². The molecule has 4 heteroatoms. The van der Waals surface area contributed by atoms with Gasteiger partial charge in [0.05, 0.1) is 25.3 Å². The number of carbonyl (C=O) groups excluding carboxylic acids is 2. The molecule has 2 aliphatic rings. The molecule has 0 amide bonds. The first-order valence-corrected chi connectivity index (χ1v) is 12.2. The Balaban J connectivity index is 0.000000196. The Kier molecular flexibility index (Phi) is 8.78. The standard InChI is InChI=1S/C16H18O2.C15H16O2/c1-4-6-13-10-14(16(17)18-3)11(2)9-15(13)12-7-5-8-12;1-4-11-9-13(15(16)17-3)10(2)8-14(11)12-6-5-7-12/h9-10,12H,5,7-8H2,1-3H3;1,8-9,12H,5-7H2,2-3H3. The molecule has 182 valence electrons. The summed E-state index contributed by atoms with van der Waals surface area (Å²) >= 11 is 0. The minimum Gasteiger partial charge on any atom is -0.465 e. The summed E-state index contributed by atoms with van der Waals surface area (Å²) in [4.78, 5) is 23.3. The number of benzene rings is 2. The Morgan fingerprint density at radius 1 is 0.800 bits per heavy atom. The van der Waals surface area contributed by atoms with E-state index in [1.165, 1.54) is 63.9 Å². The molecule has 0 saturated heterocycles. The van der Waals surface area contributed by atoms with Crippen LogP contribution in [0.25, 0.3) is 0 Å². The van der Waals surface area contributed by atoms with Crippen LogP contribution in [0, 0.1) is 38.0 Å². The highest BCUT2D eigenvalue weighted by atomic mass is 16.5. The molecular formula is C31H34O4. The number of terminal acetylenes is 1. The third kappa shape index (κ3) is 5.77. The first kappa shape index (κ1) is 26.1. The predicted molar refractivity (Wildman–Crippen MR) is 139 cm³/mol. The number of hydrogen-bond donors (Lipinski definition) is 0. The van der Waals surface area contributed by atoms with Crippen LogP contribution in [0.4, 0.5) is 0 Å². The van der Waals surface area contributed by atoms with Gasteiger partial charge >= 0.3 is 11.9 Å². The molecule has 2 aliphatic carbocycles. The second kappa shape index (κ2) is 11.8. The predicted octanol–water partition coefficient (Wildman–Crippen LogP) is 6.45. The lowest BCUT2D eigenvalue weighted by Crippen LogP contribution is -2.13. The summed E-state index contributed by atoms with van der Waals surface area (Å²) in [6, 6.07) is 7.82. The van der Waals surface area contributed by atoms with Crippen molar-refractivity contribution >= 4 is 11.9 Å². The summed E-state index contributed by atoms with van der Waals surface area (Å²) in [7, 11) is 2.80. The Hall–Kier alpha value is -3.50. The fourth-order valence-corrected chi connectivity index (χ4v) is 4.60. The molecule has 2 aromatic carbocycles. The van der Waals surface area contributed by atoms with Gasteiger partial charge in [0.15, 0.2) is 0 Å². The summed E-state index contributed by atoms with van der Waals surface area (Å²) in [6.07, 6.45) is 13.0. The Labute approximate surface area is 209 Å². The van der Waals surface area contributed by atoms with Gasteiger partial charge in [0.25, 0.3) is 0 Å². The number of rotatable bonds is 4. The van der Waals surface area contributed by atoms with E-state index in [1.807, 2.05) is 32.9 Å². The van der Waals surface area contributed by atoms with Crippen LogP contribution in [-0.2, 0) is 9.47 Å². The zero-order valence-corrected chi connectivity index (χ0v) is 21.4. The lowest BCUT2D eigenvalue weighted by atomic mass is 9.77. The minimum absolute atomic E-state index is 0.285. The molecule has 2 fully saturated rings. The summed E-state index contributed by atoms with van der Waals surface area (Å²) in [5.41, 5.74) is 7.43. The van der Waals surface area contributed by atoms with Crippen molar-refractivity contribution in [2.24, 2.45) is 0 Å². The van der Waals surface area contributed by atoms with E-state index in [0.29, 0.717) is 23.0 Å². The summed E-state index contributed by atoms with van der Waals surface area (Å²) < 4.78 is 9.55. The van der Waals surface area contributed by atoms with Crippen molar-refractivity contribution < 1.29 is 19.1 Å². The summed E-state index contributed by atoms with van der Waals surface area (Å²) in [5.74, 6) is 9.31. The van der Waals surface area contributed by atoms with E-state index in [0.717, 1.165) is 22.3 Å². The third-order valence-electron chi connectivity index (χ3n) is 7.11. The smallest absolute Gasteiger partial charge is 0.338 e. The SMILES string of the molecule is C#Cc1cc(C(=O)OC)c(C)cc1C1CCC1.CC#Cc1cc(C(=O)OC)c(C)cc1C1CCC1. The number of methoxy groups -OCH3 is 2. The average molecular weight is 471 g/mol. The van der Waals surface area contributed by atoms with E-state index >= 15 is 0 Å². The maximum Gasteiger partial charge on any atom is 0.338 e. The molecular weight excluding hydrogens is 436 g/mol. The Morgan fingerprint density at radius 3 is 1.57 bits per heavy atom. The maximum absolute atomic E-state index is 11.7. The topological polar surface area (TPSA) is 52.6 Å². The number of ether oxygens (including phenoxy) is 2. The second-order valence-corrected chi connectivity index (χ2v) is 9.27. The van der Waals surface area contributed by atoms with Crippen LogP contribution in [0.2, 0.25) is 0 Å². The number of carbonyl (C=O) groups is 2. The van der Waals surface area contributed by atoms with Gasteiger partial charge in [0, 0.05) is 11.1 Å². The van der Waals surface area contributed by atoms with Gasteiger partial charge in [-0.15, -0.1) is 12.3 Å².